The zero-order valence-electron chi connectivity index (χ0n) is 22.1. The van der Waals surface area contributed by atoms with E-state index in [1.54, 1.807) is 11.3 Å². The van der Waals surface area contributed by atoms with Gasteiger partial charge in [0.2, 0.25) is 0 Å². The lowest BCUT2D eigenvalue weighted by molar-refractivity contribution is -0.159. The molecular weight excluding hydrogens is 508 g/mol. The number of carbonyl (C=O) groups is 2. The third-order valence-corrected chi connectivity index (χ3v) is 7.07. The van der Waals surface area contributed by atoms with Crippen LogP contribution in [-0.2, 0) is 16.0 Å². The second kappa shape index (κ2) is 14.6. The molecule has 1 unspecified atom stereocenters. The molecule has 2 heterocycles. The number of piperazine rings is 1. The highest BCUT2D eigenvalue weighted by Crippen LogP contribution is 2.35. The number of thiazole rings is 1. The van der Waals surface area contributed by atoms with Gasteiger partial charge in [-0.25, -0.2) is 14.6 Å². The van der Waals surface area contributed by atoms with Crippen molar-refractivity contribution >= 4 is 39.2 Å². The summed E-state index contributed by atoms with van der Waals surface area (Å²) in [6.07, 6.45) is 1.25. The number of aliphatic carboxylic acids is 2. The third-order valence-electron chi connectivity index (χ3n) is 6.17. The molecule has 0 bridgehead atoms. The van der Waals surface area contributed by atoms with E-state index in [9.17, 15) is 0 Å². The molecule has 1 saturated heterocycles. The Labute approximate surface area is 227 Å². The molecule has 1 aliphatic rings. The molecular formula is C27H38N4O6S. The van der Waals surface area contributed by atoms with Crippen LogP contribution in [0.4, 0.5) is 5.69 Å². The van der Waals surface area contributed by atoms with Crippen molar-refractivity contribution in [2.45, 2.75) is 39.2 Å². The van der Waals surface area contributed by atoms with Gasteiger partial charge in [-0.05, 0) is 49.4 Å². The van der Waals surface area contributed by atoms with Gasteiger partial charge in [0.25, 0.3) is 5.19 Å². The molecule has 2 aromatic carbocycles. The van der Waals surface area contributed by atoms with E-state index in [-0.39, 0.29) is 11.6 Å². The summed E-state index contributed by atoms with van der Waals surface area (Å²) in [7, 11) is 0. The zero-order valence-corrected chi connectivity index (χ0v) is 22.9. The van der Waals surface area contributed by atoms with Gasteiger partial charge in [0.15, 0.2) is 0 Å². The number of nitrogens with two attached hydrogens (primary N) is 1. The summed E-state index contributed by atoms with van der Waals surface area (Å²) < 4.78 is 6.89. The van der Waals surface area contributed by atoms with Crippen molar-refractivity contribution in [3.63, 3.8) is 0 Å². The lowest BCUT2D eigenvalue weighted by Gasteiger charge is -2.36. The third kappa shape index (κ3) is 9.25. The molecule has 1 aliphatic heterocycles. The molecule has 0 aliphatic carbocycles. The smallest absolute Gasteiger partial charge is 0.414 e. The van der Waals surface area contributed by atoms with Gasteiger partial charge in [0.05, 0.1) is 16.5 Å². The molecule has 10 nitrogen and oxygen atoms in total. The van der Waals surface area contributed by atoms with Crippen LogP contribution in [0.15, 0.2) is 42.5 Å². The summed E-state index contributed by atoms with van der Waals surface area (Å²) in [5.74, 6) is -3.22. The molecule has 0 radical (unpaired) electrons. The first kappa shape index (κ1) is 31.0. The van der Waals surface area contributed by atoms with Gasteiger partial charge in [-0.3, -0.25) is 0 Å². The molecule has 6 N–H and O–H groups in total. The highest BCUT2D eigenvalue weighted by atomic mass is 32.1. The standard InChI is InChI=1S/C25H34N4OS.C2H2O4.H2O/c1-18(2)30-25-27-24-22(26)15-21(16-23(24)31-25)19(3)17-29-13-11-28(12-14-29)10-9-20-7-5-4-6-8-20;3-1(4)2(5)6;/h4-8,15-16,18-19H,9-14,17,26H2,1-3H3;(H,3,4)(H,5,6);1H2. The fourth-order valence-electron chi connectivity index (χ4n) is 4.21. The second-order valence-electron chi connectivity index (χ2n) is 9.49. The summed E-state index contributed by atoms with van der Waals surface area (Å²) in [4.78, 5) is 27.9. The largest absolute Gasteiger partial charge is 0.473 e. The van der Waals surface area contributed by atoms with E-state index < -0.39 is 11.9 Å². The number of carboxylic acid groups (broad SMARTS) is 2. The predicted molar refractivity (Wildman–Crippen MR) is 150 cm³/mol. The Morgan fingerprint density at radius 1 is 1.03 bits per heavy atom. The minimum absolute atomic E-state index is 0. The van der Waals surface area contributed by atoms with E-state index in [0.29, 0.717) is 11.1 Å². The van der Waals surface area contributed by atoms with Gasteiger partial charge in [0, 0.05) is 39.3 Å². The highest BCUT2D eigenvalue weighted by molar-refractivity contribution is 7.20. The minimum atomic E-state index is -1.82. The molecule has 0 spiro atoms. The van der Waals surface area contributed by atoms with Crippen LogP contribution in [0.25, 0.3) is 10.2 Å². The van der Waals surface area contributed by atoms with Crippen molar-refractivity contribution in [2.75, 3.05) is 45.0 Å². The van der Waals surface area contributed by atoms with E-state index in [4.69, 9.17) is 30.3 Å². The molecule has 3 aromatic rings. The number of hydrogen-bond acceptors (Lipinski definition) is 8. The van der Waals surface area contributed by atoms with E-state index in [2.05, 4.69) is 64.2 Å². The van der Waals surface area contributed by atoms with Crippen LogP contribution in [0.5, 0.6) is 5.19 Å². The number of hydrogen-bond donors (Lipinski definition) is 3. The maximum Gasteiger partial charge on any atom is 0.414 e. The molecule has 38 heavy (non-hydrogen) atoms. The first-order chi connectivity index (χ1) is 17.6. The van der Waals surface area contributed by atoms with Crippen LogP contribution in [0.2, 0.25) is 0 Å². The van der Waals surface area contributed by atoms with Gasteiger partial charge in [0.1, 0.15) is 5.52 Å². The van der Waals surface area contributed by atoms with Gasteiger partial charge >= 0.3 is 11.9 Å². The van der Waals surface area contributed by atoms with E-state index in [1.807, 2.05) is 13.8 Å². The van der Waals surface area contributed by atoms with E-state index in [0.717, 1.165) is 61.6 Å². The van der Waals surface area contributed by atoms with Crippen molar-refractivity contribution in [3.05, 3.63) is 53.6 Å². The number of ether oxygens (including phenoxy) is 1. The Balaban J connectivity index is 0.000000652. The second-order valence-corrected chi connectivity index (χ2v) is 10.5. The predicted octanol–water partition coefficient (Wildman–Crippen LogP) is 2.96. The number of anilines is 1. The van der Waals surface area contributed by atoms with Crippen molar-refractivity contribution < 1.29 is 30.0 Å². The van der Waals surface area contributed by atoms with Crippen molar-refractivity contribution in [3.8, 4) is 5.19 Å². The summed E-state index contributed by atoms with van der Waals surface area (Å²) >= 11 is 1.59. The summed E-state index contributed by atoms with van der Waals surface area (Å²) in [5, 5.41) is 15.5. The van der Waals surface area contributed by atoms with Crippen LogP contribution in [0, 0.1) is 0 Å². The Kier molecular flexibility index (Phi) is 11.9. The van der Waals surface area contributed by atoms with Gasteiger partial charge in [-0.2, -0.15) is 0 Å². The fourth-order valence-corrected chi connectivity index (χ4v) is 5.23. The number of rotatable bonds is 8. The van der Waals surface area contributed by atoms with Crippen LogP contribution in [0.3, 0.4) is 0 Å². The highest BCUT2D eigenvalue weighted by Gasteiger charge is 2.20. The van der Waals surface area contributed by atoms with Gasteiger partial charge in [-0.15, -0.1) is 0 Å². The van der Waals surface area contributed by atoms with Crippen LogP contribution in [0.1, 0.15) is 37.8 Å². The maximum absolute atomic E-state index is 9.10. The number of nitrogen functional groups attached to an aromatic ring is 1. The maximum atomic E-state index is 9.10. The monoisotopic (exact) mass is 546 g/mol. The van der Waals surface area contributed by atoms with Crippen molar-refractivity contribution in [1.82, 2.24) is 14.8 Å². The lowest BCUT2D eigenvalue weighted by atomic mass is 9.99. The summed E-state index contributed by atoms with van der Waals surface area (Å²) in [5.41, 5.74) is 10.7. The molecule has 1 atom stereocenters. The summed E-state index contributed by atoms with van der Waals surface area (Å²) in [6.45, 7) is 13.1. The minimum Gasteiger partial charge on any atom is -0.473 e. The molecule has 4 rings (SSSR count). The normalized spacial score (nSPS) is 14.8. The average Bonchev–Trinajstić information content (AvgIpc) is 3.27. The van der Waals surface area contributed by atoms with Crippen molar-refractivity contribution in [2.24, 2.45) is 0 Å². The first-order valence-corrected chi connectivity index (χ1v) is 13.3. The number of aromatic nitrogens is 1. The zero-order chi connectivity index (χ0) is 26.9. The first-order valence-electron chi connectivity index (χ1n) is 12.4. The Morgan fingerprint density at radius 2 is 1.63 bits per heavy atom. The van der Waals surface area contributed by atoms with Crippen LogP contribution >= 0.6 is 11.3 Å². The number of fused-ring (bicyclic) bond motifs is 1. The van der Waals surface area contributed by atoms with Crippen molar-refractivity contribution in [1.29, 1.82) is 0 Å². The Bertz CT molecular complexity index is 1170. The molecule has 1 aromatic heterocycles. The molecule has 1 fully saturated rings. The fraction of sp³-hybridized carbons (Fsp3) is 0.444. The topological polar surface area (TPSA) is 161 Å². The molecule has 0 amide bonds. The Morgan fingerprint density at radius 3 is 2.21 bits per heavy atom. The average molecular weight is 547 g/mol. The number of benzene rings is 2. The van der Waals surface area contributed by atoms with Gasteiger partial charge in [-0.1, -0.05) is 48.6 Å². The van der Waals surface area contributed by atoms with Crippen LogP contribution < -0.4 is 10.5 Å². The van der Waals surface area contributed by atoms with Crippen LogP contribution in [-0.4, -0.2) is 87.8 Å². The van der Waals surface area contributed by atoms with E-state index >= 15 is 0 Å². The number of carboxylic acids is 2. The lowest BCUT2D eigenvalue weighted by Crippen LogP contribution is -2.47. The number of nitrogens with zero attached hydrogens (tertiary/aromatic N) is 3. The SMILES string of the molecule is CC(C)Oc1nc2c(N)cc(C(C)CN3CCN(CCc4ccccc4)CC3)cc2s1.O.O=C(O)C(=O)O. The molecule has 11 heteroatoms. The quantitative estimate of drug-likeness (QED) is 0.285. The molecule has 0 saturated carbocycles. The summed E-state index contributed by atoms with van der Waals surface area (Å²) in [6, 6.07) is 15.1. The van der Waals surface area contributed by atoms with E-state index in [1.165, 1.54) is 11.1 Å². The van der Waals surface area contributed by atoms with Gasteiger partial charge < -0.3 is 36.0 Å². The molecule has 208 valence electrons. The Hall–Kier alpha value is -3.25.